The number of nitrogens with zero attached hydrogens (tertiary/aromatic N) is 3. The topological polar surface area (TPSA) is 122 Å². The van der Waals surface area contributed by atoms with E-state index in [4.69, 9.17) is 4.74 Å². The first-order valence-corrected chi connectivity index (χ1v) is 12.2. The van der Waals surface area contributed by atoms with E-state index in [0.717, 1.165) is 16.8 Å². The van der Waals surface area contributed by atoms with Gasteiger partial charge in [-0.2, -0.15) is 4.31 Å². The molecular weight excluding hydrogens is 448 g/mol. The summed E-state index contributed by atoms with van der Waals surface area (Å²) in [6.45, 7) is 4.43. The van der Waals surface area contributed by atoms with Gasteiger partial charge in [0.15, 0.2) is 0 Å². The summed E-state index contributed by atoms with van der Waals surface area (Å²) in [6.07, 6.45) is 0.906. The molecule has 1 amide bonds. The molecule has 0 spiro atoms. The Morgan fingerprint density at radius 1 is 1.15 bits per heavy atom. The number of hydrogen-bond acceptors (Lipinski definition) is 7. The molecule has 2 aliphatic rings. The highest BCUT2D eigenvalue weighted by Gasteiger charge is 2.28. The summed E-state index contributed by atoms with van der Waals surface area (Å²) in [5.74, 6) is -0.237. The van der Waals surface area contributed by atoms with Crippen LogP contribution in [0.1, 0.15) is 17.5 Å². The van der Waals surface area contributed by atoms with Gasteiger partial charge in [0, 0.05) is 50.4 Å². The third-order valence-corrected chi connectivity index (χ3v) is 7.86. The Morgan fingerprint density at radius 2 is 1.91 bits per heavy atom. The normalized spacial score (nSPS) is 16.5. The molecule has 1 fully saturated rings. The molecule has 2 aromatic carbocycles. The molecule has 1 saturated heterocycles. The first-order chi connectivity index (χ1) is 15.8. The Hall–Kier alpha value is -3.02. The zero-order chi connectivity index (χ0) is 23.6. The van der Waals surface area contributed by atoms with Crippen molar-refractivity contribution < 1.29 is 22.9 Å². The number of nitro benzene ring substituents is 1. The first-order valence-electron chi connectivity index (χ1n) is 10.8. The molecule has 0 unspecified atom stereocenters. The van der Waals surface area contributed by atoms with Crippen LogP contribution in [0.4, 0.5) is 17.1 Å². The van der Waals surface area contributed by atoms with Crippen LogP contribution < -0.4 is 10.2 Å². The van der Waals surface area contributed by atoms with E-state index in [2.05, 4.69) is 10.2 Å². The van der Waals surface area contributed by atoms with Gasteiger partial charge in [-0.05, 0) is 42.7 Å². The lowest BCUT2D eigenvalue weighted by Gasteiger charge is -2.26. The van der Waals surface area contributed by atoms with Crippen molar-refractivity contribution >= 4 is 33.0 Å². The highest BCUT2D eigenvalue weighted by Crippen LogP contribution is 2.31. The molecule has 11 heteroatoms. The molecule has 2 heterocycles. The lowest BCUT2D eigenvalue weighted by Crippen LogP contribution is -2.40. The number of non-ortho nitro benzene ring substituents is 1. The van der Waals surface area contributed by atoms with Gasteiger partial charge < -0.3 is 15.0 Å². The highest BCUT2D eigenvalue weighted by atomic mass is 32.2. The number of anilines is 2. The smallest absolute Gasteiger partial charge is 0.271 e. The number of hydrogen-bond donors (Lipinski definition) is 1. The van der Waals surface area contributed by atoms with E-state index in [0.29, 0.717) is 51.5 Å². The van der Waals surface area contributed by atoms with Crippen LogP contribution in [0.3, 0.4) is 0 Å². The summed E-state index contributed by atoms with van der Waals surface area (Å²) >= 11 is 0. The Kier molecular flexibility index (Phi) is 6.63. The molecule has 2 aromatic rings. The predicted octanol–water partition coefficient (Wildman–Crippen LogP) is 2.32. The maximum Gasteiger partial charge on any atom is 0.271 e. The molecular formula is C22H26N4O6S. The Morgan fingerprint density at radius 3 is 2.64 bits per heavy atom. The zero-order valence-corrected chi connectivity index (χ0v) is 19.1. The molecule has 0 atom stereocenters. The number of carbonyl (C=O) groups is 1. The average molecular weight is 475 g/mol. The molecule has 4 rings (SSSR count). The molecule has 0 saturated carbocycles. The largest absolute Gasteiger partial charge is 0.379 e. The third-order valence-electron chi connectivity index (χ3n) is 5.97. The van der Waals surface area contributed by atoms with Gasteiger partial charge in [-0.15, -0.1) is 0 Å². The van der Waals surface area contributed by atoms with Crippen molar-refractivity contribution in [3.05, 3.63) is 57.6 Å². The van der Waals surface area contributed by atoms with Gasteiger partial charge in [0.25, 0.3) is 5.69 Å². The molecule has 33 heavy (non-hydrogen) atoms. The van der Waals surface area contributed by atoms with Crippen molar-refractivity contribution in [3.63, 3.8) is 0 Å². The number of carbonyl (C=O) groups excluding carboxylic acids is 1. The quantitative estimate of drug-likeness (QED) is 0.483. The van der Waals surface area contributed by atoms with Crippen LogP contribution in [-0.2, 0) is 26.0 Å². The molecule has 1 N–H and O–H groups in total. The first kappa shape index (κ1) is 23.1. The van der Waals surface area contributed by atoms with Crippen molar-refractivity contribution in [1.82, 2.24) is 4.31 Å². The van der Waals surface area contributed by atoms with E-state index in [1.807, 2.05) is 0 Å². The Labute approximate surface area is 192 Å². The van der Waals surface area contributed by atoms with Crippen LogP contribution in [0.5, 0.6) is 0 Å². The minimum Gasteiger partial charge on any atom is -0.379 e. The second-order valence-corrected chi connectivity index (χ2v) is 10.0. The lowest BCUT2D eigenvalue weighted by molar-refractivity contribution is -0.384. The van der Waals surface area contributed by atoms with Crippen LogP contribution in [-0.4, -0.2) is 62.9 Å². The number of morpholine rings is 1. The number of benzene rings is 2. The lowest BCUT2D eigenvalue weighted by atomic mass is 10.1. The summed E-state index contributed by atoms with van der Waals surface area (Å²) in [5.41, 5.74) is 2.96. The molecule has 0 aromatic heterocycles. The van der Waals surface area contributed by atoms with Gasteiger partial charge in [-0.1, -0.05) is 6.07 Å². The Bertz CT molecular complexity index is 1180. The number of ether oxygens (including phenoxy) is 1. The van der Waals surface area contributed by atoms with Crippen LogP contribution in [0, 0.1) is 17.0 Å². The third kappa shape index (κ3) is 5.00. The molecule has 176 valence electrons. The second-order valence-electron chi connectivity index (χ2n) is 8.10. The van der Waals surface area contributed by atoms with Crippen molar-refractivity contribution in [2.45, 2.75) is 24.7 Å². The summed E-state index contributed by atoms with van der Waals surface area (Å²) in [4.78, 5) is 25.3. The predicted molar refractivity (Wildman–Crippen MR) is 123 cm³/mol. The fraction of sp³-hybridized carbons (Fsp3) is 0.409. The van der Waals surface area contributed by atoms with Crippen molar-refractivity contribution in [2.24, 2.45) is 0 Å². The van der Waals surface area contributed by atoms with Crippen LogP contribution >= 0.6 is 0 Å². The maximum atomic E-state index is 12.9. The minimum absolute atomic E-state index is 0.0767. The number of sulfonamides is 1. The van der Waals surface area contributed by atoms with Crippen LogP contribution in [0.25, 0.3) is 0 Å². The van der Waals surface area contributed by atoms with E-state index in [-0.39, 0.29) is 22.9 Å². The van der Waals surface area contributed by atoms with Crippen molar-refractivity contribution in [1.29, 1.82) is 0 Å². The summed E-state index contributed by atoms with van der Waals surface area (Å²) in [7, 11) is -3.55. The van der Waals surface area contributed by atoms with E-state index in [1.54, 1.807) is 31.2 Å². The molecule has 10 nitrogen and oxygen atoms in total. The standard InChI is InChI=1S/C22H26N4O6S/c1-16-2-3-18(26(28)29)15-20(16)23-22(27)7-9-24-8-6-17-14-19(4-5-21(17)24)33(30,31)25-10-12-32-13-11-25/h2-5,14-15H,6-13H2,1H3,(H,23,27). The van der Waals surface area contributed by atoms with Gasteiger partial charge in [0.1, 0.15) is 0 Å². The van der Waals surface area contributed by atoms with E-state index in [9.17, 15) is 23.3 Å². The van der Waals surface area contributed by atoms with Crippen LogP contribution in [0.2, 0.25) is 0 Å². The minimum atomic E-state index is -3.55. The number of fused-ring (bicyclic) bond motifs is 1. The molecule has 0 radical (unpaired) electrons. The number of nitro groups is 1. The number of aryl methyl sites for hydroxylation is 1. The van der Waals surface area contributed by atoms with E-state index < -0.39 is 14.9 Å². The molecule has 0 aliphatic carbocycles. The van der Waals surface area contributed by atoms with Crippen LogP contribution in [0.15, 0.2) is 41.3 Å². The fourth-order valence-corrected chi connectivity index (χ4v) is 5.54. The van der Waals surface area contributed by atoms with E-state index >= 15 is 0 Å². The number of rotatable bonds is 7. The molecule has 0 bridgehead atoms. The van der Waals surface area contributed by atoms with Crippen molar-refractivity contribution in [3.8, 4) is 0 Å². The summed E-state index contributed by atoms with van der Waals surface area (Å²) in [6, 6.07) is 9.51. The Balaban J connectivity index is 1.39. The summed E-state index contributed by atoms with van der Waals surface area (Å²) in [5, 5.41) is 13.7. The van der Waals surface area contributed by atoms with Gasteiger partial charge in [-0.25, -0.2) is 8.42 Å². The summed E-state index contributed by atoms with van der Waals surface area (Å²) < 4.78 is 32.5. The zero-order valence-electron chi connectivity index (χ0n) is 18.3. The van der Waals surface area contributed by atoms with Gasteiger partial charge in [-0.3, -0.25) is 14.9 Å². The number of amides is 1. The van der Waals surface area contributed by atoms with E-state index in [1.165, 1.54) is 16.4 Å². The number of nitrogens with one attached hydrogen (secondary N) is 1. The monoisotopic (exact) mass is 474 g/mol. The second kappa shape index (κ2) is 9.46. The van der Waals surface area contributed by atoms with Gasteiger partial charge >= 0.3 is 0 Å². The fourth-order valence-electron chi connectivity index (χ4n) is 4.08. The highest BCUT2D eigenvalue weighted by molar-refractivity contribution is 7.89. The van der Waals surface area contributed by atoms with Gasteiger partial charge in [0.05, 0.1) is 28.7 Å². The SMILES string of the molecule is Cc1ccc([N+](=O)[O-])cc1NC(=O)CCN1CCc2cc(S(=O)(=O)N3CCOCC3)ccc21. The molecule has 2 aliphatic heterocycles. The maximum absolute atomic E-state index is 12.9. The van der Waals surface area contributed by atoms with Crippen molar-refractivity contribution in [2.75, 3.05) is 49.6 Å². The average Bonchev–Trinajstić information content (AvgIpc) is 3.22. The van der Waals surface area contributed by atoms with Gasteiger partial charge in [0.2, 0.25) is 15.9 Å².